The van der Waals surface area contributed by atoms with Crippen molar-refractivity contribution in [3.05, 3.63) is 88.2 Å². The summed E-state index contributed by atoms with van der Waals surface area (Å²) in [4.78, 5) is 16.9. The Morgan fingerprint density at radius 2 is 2.00 bits per heavy atom. The molecule has 0 spiro atoms. The fourth-order valence-electron chi connectivity index (χ4n) is 2.95. The number of sulfonamides is 1. The van der Waals surface area contributed by atoms with E-state index in [1.54, 1.807) is 24.4 Å². The van der Waals surface area contributed by atoms with Crippen molar-refractivity contribution in [2.75, 3.05) is 10.6 Å². The third-order valence-electron chi connectivity index (χ3n) is 4.52. The van der Waals surface area contributed by atoms with Gasteiger partial charge in [-0.05, 0) is 42.5 Å². The lowest BCUT2D eigenvalue weighted by molar-refractivity contribution is 0.0950. The number of amides is 1. The van der Waals surface area contributed by atoms with E-state index >= 15 is 0 Å². The monoisotopic (exact) mass is 470 g/mol. The maximum Gasteiger partial charge on any atom is 0.251 e. The molecule has 0 radical (unpaired) electrons. The van der Waals surface area contributed by atoms with E-state index in [0.717, 1.165) is 10.6 Å². The van der Waals surface area contributed by atoms with Crippen LogP contribution in [0.5, 0.6) is 5.75 Å². The molecule has 164 valence electrons. The van der Waals surface area contributed by atoms with E-state index in [9.17, 15) is 18.3 Å². The second kappa shape index (κ2) is 9.68. The van der Waals surface area contributed by atoms with Crippen molar-refractivity contribution in [1.29, 1.82) is 5.26 Å². The Morgan fingerprint density at radius 1 is 1.22 bits per heavy atom. The lowest BCUT2D eigenvalue weighted by Gasteiger charge is -2.23. The predicted molar refractivity (Wildman–Crippen MR) is 121 cm³/mol. The van der Waals surface area contributed by atoms with Gasteiger partial charge in [-0.15, -0.1) is 0 Å². The molecule has 0 atom stereocenters. The first-order valence-corrected chi connectivity index (χ1v) is 11.6. The van der Waals surface area contributed by atoms with Gasteiger partial charge in [-0.2, -0.15) is 5.26 Å². The number of aromatic nitrogens is 1. The van der Waals surface area contributed by atoms with Gasteiger partial charge >= 0.3 is 0 Å². The highest BCUT2D eigenvalue weighted by atomic mass is 35.5. The number of hydrogen-bond donors (Lipinski definition) is 2. The lowest BCUT2D eigenvalue weighted by Crippen LogP contribution is -2.30. The first-order chi connectivity index (χ1) is 15.2. The molecule has 3 aromatic rings. The molecule has 0 bridgehead atoms. The van der Waals surface area contributed by atoms with Crippen molar-refractivity contribution in [3.8, 4) is 11.8 Å². The van der Waals surface area contributed by atoms with Crippen LogP contribution in [0.1, 0.15) is 27.2 Å². The second-order valence-corrected chi connectivity index (χ2v) is 9.27. The normalized spacial score (nSPS) is 10.9. The molecule has 2 N–H and O–H groups in total. The summed E-state index contributed by atoms with van der Waals surface area (Å²) in [7, 11) is -3.70. The van der Waals surface area contributed by atoms with Crippen LogP contribution in [0.25, 0.3) is 0 Å². The van der Waals surface area contributed by atoms with Crippen LogP contribution < -0.4 is 9.62 Å². The first kappa shape index (κ1) is 23.1. The summed E-state index contributed by atoms with van der Waals surface area (Å²) in [6.07, 6.45) is 2.62. The smallest absolute Gasteiger partial charge is 0.251 e. The van der Waals surface area contributed by atoms with Crippen molar-refractivity contribution in [3.63, 3.8) is 0 Å². The zero-order chi connectivity index (χ0) is 23.3. The van der Waals surface area contributed by atoms with Crippen LogP contribution in [-0.2, 0) is 23.1 Å². The maximum atomic E-state index is 12.7. The Morgan fingerprint density at radius 3 is 2.62 bits per heavy atom. The molecule has 1 amide bonds. The van der Waals surface area contributed by atoms with Crippen LogP contribution in [0.15, 0.2) is 60.8 Å². The Hall–Kier alpha value is -3.61. The number of halogens is 1. The summed E-state index contributed by atoms with van der Waals surface area (Å²) in [6, 6.07) is 15.7. The Kier molecular flexibility index (Phi) is 6.98. The van der Waals surface area contributed by atoms with Gasteiger partial charge < -0.3 is 10.4 Å². The van der Waals surface area contributed by atoms with E-state index in [2.05, 4.69) is 10.3 Å². The number of nitrogens with zero attached hydrogens (tertiary/aromatic N) is 3. The fraction of sp³-hybridized carbons (Fsp3) is 0.136. The molecule has 8 nitrogen and oxygen atoms in total. The molecule has 0 aliphatic carbocycles. The highest BCUT2D eigenvalue weighted by molar-refractivity contribution is 7.92. The zero-order valence-electron chi connectivity index (χ0n) is 17.0. The molecule has 0 aliphatic heterocycles. The number of hydrogen-bond acceptors (Lipinski definition) is 6. The molecule has 3 rings (SSSR count). The SMILES string of the molecule is CS(=O)(=O)N(Cc1ccccn1)c1cc(Cl)cc(C(=O)NCc2ccc(C#N)cc2O)c1. The van der Waals surface area contributed by atoms with Crippen molar-refractivity contribution in [2.24, 2.45) is 0 Å². The van der Waals surface area contributed by atoms with E-state index in [-0.39, 0.29) is 35.1 Å². The minimum absolute atomic E-state index is 0.00193. The Bertz CT molecular complexity index is 1290. The number of phenols is 1. The topological polar surface area (TPSA) is 123 Å². The van der Waals surface area contributed by atoms with Gasteiger partial charge in [-0.1, -0.05) is 23.7 Å². The molecular weight excluding hydrogens is 452 g/mol. The number of phenolic OH excluding ortho intramolecular Hbond substituents is 1. The average molecular weight is 471 g/mol. The summed E-state index contributed by atoms with van der Waals surface area (Å²) in [5.41, 5.74) is 1.62. The number of nitriles is 1. The second-order valence-electron chi connectivity index (χ2n) is 6.93. The number of anilines is 1. The van der Waals surface area contributed by atoms with Gasteiger partial charge in [-0.25, -0.2) is 8.42 Å². The van der Waals surface area contributed by atoms with Crippen molar-refractivity contribution < 1.29 is 18.3 Å². The quantitative estimate of drug-likeness (QED) is 0.546. The number of rotatable bonds is 7. The third kappa shape index (κ3) is 5.75. The van der Waals surface area contributed by atoms with Crippen LogP contribution >= 0.6 is 11.6 Å². The number of carbonyl (C=O) groups is 1. The van der Waals surface area contributed by atoms with E-state index < -0.39 is 15.9 Å². The number of nitrogens with one attached hydrogen (secondary N) is 1. The van der Waals surface area contributed by atoms with Gasteiger partial charge in [0.25, 0.3) is 5.91 Å². The van der Waals surface area contributed by atoms with Gasteiger partial charge in [0, 0.05) is 28.9 Å². The summed E-state index contributed by atoms with van der Waals surface area (Å²) in [5, 5.41) is 21.7. The summed E-state index contributed by atoms with van der Waals surface area (Å²) < 4.78 is 26.0. The zero-order valence-corrected chi connectivity index (χ0v) is 18.6. The molecule has 1 aromatic heterocycles. The third-order valence-corrected chi connectivity index (χ3v) is 5.88. The van der Waals surface area contributed by atoms with E-state index in [0.29, 0.717) is 16.8 Å². The van der Waals surface area contributed by atoms with E-state index in [1.165, 1.54) is 36.4 Å². The molecule has 0 saturated heterocycles. The minimum atomic E-state index is -3.70. The Balaban J connectivity index is 1.85. The summed E-state index contributed by atoms with van der Waals surface area (Å²) in [6.45, 7) is -0.0257. The number of benzene rings is 2. The summed E-state index contributed by atoms with van der Waals surface area (Å²) >= 11 is 6.18. The molecule has 1 heterocycles. The number of pyridine rings is 1. The number of carbonyl (C=O) groups excluding carboxylic acids is 1. The van der Waals surface area contributed by atoms with Crippen molar-refractivity contribution in [1.82, 2.24) is 10.3 Å². The maximum absolute atomic E-state index is 12.7. The molecule has 0 aliphatic rings. The lowest BCUT2D eigenvalue weighted by atomic mass is 10.1. The minimum Gasteiger partial charge on any atom is -0.508 e. The van der Waals surface area contributed by atoms with Crippen LogP contribution in [0.4, 0.5) is 5.69 Å². The van der Waals surface area contributed by atoms with Crippen molar-refractivity contribution >= 4 is 33.2 Å². The van der Waals surface area contributed by atoms with Gasteiger partial charge in [0.15, 0.2) is 0 Å². The van der Waals surface area contributed by atoms with Crippen LogP contribution in [0, 0.1) is 11.3 Å². The summed E-state index contributed by atoms with van der Waals surface area (Å²) in [5.74, 6) is -0.626. The molecule has 10 heteroatoms. The van der Waals surface area contributed by atoms with Gasteiger partial charge in [0.2, 0.25) is 10.0 Å². The molecule has 0 fully saturated rings. The first-order valence-electron chi connectivity index (χ1n) is 9.36. The molecular formula is C22H19ClN4O4S. The predicted octanol–water partition coefficient (Wildman–Crippen LogP) is 3.21. The standard InChI is InChI=1S/C22H19ClN4O4S/c1-32(30,31)27(14-19-4-2-3-7-25-19)20-10-17(9-18(23)11-20)22(29)26-13-16-6-5-15(12-24)8-21(16)28/h2-11,28H,13-14H2,1H3,(H,26,29). The van der Waals surface area contributed by atoms with Crippen LogP contribution in [0.3, 0.4) is 0 Å². The Labute approximate surface area is 190 Å². The highest BCUT2D eigenvalue weighted by Gasteiger charge is 2.21. The highest BCUT2D eigenvalue weighted by Crippen LogP contribution is 2.26. The molecule has 0 saturated carbocycles. The average Bonchev–Trinajstić information content (AvgIpc) is 2.75. The van der Waals surface area contributed by atoms with Gasteiger partial charge in [-0.3, -0.25) is 14.1 Å². The van der Waals surface area contributed by atoms with Gasteiger partial charge in [0.05, 0.1) is 35.8 Å². The fourth-order valence-corrected chi connectivity index (χ4v) is 4.03. The van der Waals surface area contributed by atoms with Crippen LogP contribution in [0.2, 0.25) is 5.02 Å². The van der Waals surface area contributed by atoms with Crippen LogP contribution in [-0.4, -0.2) is 30.7 Å². The molecule has 2 aromatic carbocycles. The molecule has 0 unspecified atom stereocenters. The van der Waals surface area contributed by atoms with Gasteiger partial charge in [0.1, 0.15) is 5.75 Å². The largest absolute Gasteiger partial charge is 0.508 e. The van der Waals surface area contributed by atoms with E-state index in [4.69, 9.17) is 16.9 Å². The number of aromatic hydroxyl groups is 1. The molecule has 32 heavy (non-hydrogen) atoms. The van der Waals surface area contributed by atoms with E-state index in [1.807, 2.05) is 6.07 Å². The van der Waals surface area contributed by atoms with Crippen molar-refractivity contribution in [2.45, 2.75) is 13.1 Å².